The van der Waals surface area contributed by atoms with Crippen LogP contribution in [0, 0.1) is 6.92 Å². The van der Waals surface area contributed by atoms with Crippen LogP contribution in [0.5, 0.6) is 5.75 Å². The van der Waals surface area contributed by atoms with Gasteiger partial charge >= 0.3 is 24.0 Å². The molecule has 3 aromatic rings. The Bertz CT molecular complexity index is 1270. The summed E-state index contributed by atoms with van der Waals surface area (Å²) in [5, 5.41) is 6.06. The van der Waals surface area contributed by atoms with Crippen LogP contribution in [0.2, 0.25) is 0 Å². The summed E-state index contributed by atoms with van der Waals surface area (Å²) in [7, 11) is 0. The van der Waals surface area contributed by atoms with Crippen LogP contribution in [-0.4, -0.2) is 23.5 Å². The molecule has 0 fully saturated rings. The van der Waals surface area contributed by atoms with E-state index in [9.17, 15) is 27.6 Å². The maximum atomic E-state index is 12.6. The van der Waals surface area contributed by atoms with E-state index in [1.165, 1.54) is 6.92 Å². The van der Waals surface area contributed by atoms with Gasteiger partial charge in [-0.15, -0.1) is 0 Å². The Labute approximate surface area is 198 Å². The second kappa shape index (κ2) is 10.6. The highest BCUT2D eigenvalue weighted by Gasteiger charge is 2.30. The van der Waals surface area contributed by atoms with E-state index in [-0.39, 0.29) is 17.1 Å². The molecule has 0 atom stereocenters. The number of alkyl halides is 3. The van der Waals surface area contributed by atoms with Gasteiger partial charge in [0.1, 0.15) is 5.75 Å². The smallest absolute Gasteiger partial charge is 0.416 e. The zero-order valence-corrected chi connectivity index (χ0v) is 18.6. The minimum atomic E-state index is -4.52. The normalized spacial score (nSPS) is 11.5. The average molecular weight is 483 g/mol. The van der Waals surface area contributed by atoms with Crippen molar-refractivity contribution in [3.05, 3.63) is 95.1 Å². The molecular formula is C25H20F3N3O4. The molecule has 2 amide bonds. The number of ether oxygens (including phenoxy) is 1. The van der Waals surface area contributed by atoms with Crippen LogP contribution in [0.1, 0.15) is 34.0 Å². The number of anilines is 1. The zero-order valence-electron chi connectivity index (χ0n) is 18.6. The lowest BCUT2D eigenvalue weighted by atomic mass is 10.1. The monoisotopic (exact) mass is 483 g/mol. The van der Waals surface area contributed by atoms with Crippen molar-refractivity contribution < 1.29 is 32.3 Å². The molecule has 3 aromatic carbocycles. The molecule has 7 nitrogen and oxygen atoms in total. The average Bonchev–Trinajstić information content (AvgIpc) is 2.82. The predicted molar refractivity (Wildman–Crippen MR) is 123 cm³/mol. The van der Waals surface area contributed by atoms with Crippen molar-refractivity contribution in [1.82, 2.24) is 5.43 Å². The third-order valence-corrected chi connectivity index (χ3v) is 4.77. The standard InChI is InChI=1S/C25H20F3N3O4/c1-15-7-9-17(10-8-15)24(34)35-21-6-4-3-5-20(21)16(2)30-31-23(33)22(32)29-19-13-11-18(12-14-19)25(26,27)28/h3-14H,1-2H3,(H,29,32)(H,31,33)/b30-16+. The Morgan fingerprint density at radius 2 is 1.49 bits per heavy atom. The number of nitrogens with zero attached hydrogens (tertiary/aromatic N) is 1. The minimum Gasteiger partial charge on any atom is -0.422 e. The Hall–Kier alpha value is -4.47. The van der Waals surface area contributed by atoms with Gasteiger partial charge in [-0.2, -0.15) is 18.3 Å². The number of carbonyl (C=O) groups is 3. The number of amides is 2. The fourth-order valence-corrected chi connectivity index (χ4v) is 2.88. The van der Waals surface area contributed by atoms with Gasteiger partial charge in [-0.25, -0.2) is 10.2 Å². The summed E-state index contributed by atoms with van der Waals surface area (Å²) in [6.45, 7) is 3.43. The SMILES string of the molecule is C/C(=N\NC(=O)C(=O)Nc1ccc(C(F)(F)F)cc1)c1ccccc1OC(=O)c1ccc(C)cc1. The number of hydrogen-bond acceptors (Lipinski definition) is 5. The third kappa shape index (κ3) is 6.76. The minimum absolute atomic E-state index is 0.00668. The second-order valence-corrected chi connectivity index (χ2v) is 7.42. The molecule has 0 saturated heterocycles. The molecule has 180 valence electrons. The van der Waals surface area contributed by atoms with Crippen LogP contribution in [0.15, 0.2) is 77.9 Å². The van der Waals surface area contributed by atoms with Crippen LogP contribution in [0.3, 0.4) is 0 Å². The number of nitrogens with one attached hydrogen (secondary N) is 2. The fourth-order valence-electron chi connectivity index (χ4n) is 2.88. The first-order valence-corrected chi connectivity index (χ1v) is 10.3. The van der Waals surface area contributed by atoms with Gasteiger partial charge in [-0.1, -0.05) is 29.8 Å². The Morgan fingerprint density at radius 3 is 2.11 bits per heavy atom. The summed E-state index contributed by atoms with van der Waals surface area (Å²) >= 11 is 0. The van der Waals surface area contributed by atoms with Crippen molar-refractivity contribution in [2.75, 3.05) is 5.32 Å². The summed E-state index contributed by atoms with van der Waals surface area (Å²) in [4.78, 5) is 36.6. The number of carbonyl (C=O) groups excluding carboxylic acids is 3. The number of hydrogen-bond donors (Lipinski definition) is 2. The van der Waals surface area contributed by atoms with Crippen LogP contribution in [-0.2, 0) is 15.8 Å². The van der Waals surface area contributed by atoms with Gasteiger partial charge in [0.05, 0.1) is 16.8 Å². The Morgan fingerprint density at radius 1 is 0.857 bits per heavy atom. The molecule has 0 radical (unpaired) electrons. The molecule has 3 rings (SSSR count). The molecule has 0 aliphatic carbocycles. The molecule has 35 heavy (non-hydrogen) atoms. The predicted octanol–water partition coefficient (Wildman–Crippen LogP) is 4.71. The molecule has 0 unspecified atom stereocenters. The molecule has 0 bridgehead atoms. The maximum Gasteiger partial charge on any atom is 0.416 e. The van der Waals surface area contributed by atoms with Crippen molar-refractivity contribution >= 4 is 29.2 Å². The van der Waals surface area contributed by atoms with E-state index < -0.39 is 29.5 Å². The van der Waals surface area contributed by atoms with Gasteiger partial charge in [0.2, 0.25) is 0 Å². The maximum absolute atomic E-state index is 12.6. The van der Waals surface area contributed by atoms with Crippen molar-refractivity contribution in [2.45, 2.75) is 20.0 Å². The number of rotatable bonds is 5. The Balaban J connectivity index is 1.65. The molecule has 0 aliphatic rings. The fraction of sp³-hybridized carbons (Fsp3) is 0.120. The largest absolute Gasteiger partial charge is 0.422 e. The van der Waals surface area contributed by atoms with Crippen molar-refractivity contribution in [3.63, 3.8) is 0 Å². The van der Waals surface area contributed by atoms with E-state index in [0.29, 0.717) is 11.1 Å². The number of benzene rings is 3. The first-order chi connectivity index (χ1) is 16.5. The van der Waals surface area contributed by atoms with Crippen molar-refractivity contribution in [2.24, 2.45) is 5.10 Å². The van der Waals surface area contributed by atoms with E-state index in [1.807, 2.05) is 6.92 Å². The van der Waals surface area contributed by atoms with Gasteiger partial charge < -0.3 is 10.1 Å². The molecule has 0 heterocycles. The van der Waals surface area contributed by atoms with E-state index in [0.717, 1.165) is 29.8 Å². The second-order valence-electron chi connectivity index (χ2n) is 7.42. The molecule has 0 saturated carbocycles. The van der Waals surface area contributed by atoms with Crippen LogP contribution in [0.25, 0.3) is 0 Å². The summed E-state index contributed by atoms with van der Waals surface area (Å²) < 4.78 is 43.4. The highest BCUT2D eigenvalue weighted by Crippen LogP contribution is 2.29. The highest BCUT2D eigenvalue weighted by atomic mass is 19.4. The Kier molecular flexibility index (Phi) is 7.65. The van der Waals surface area contributed by atoms with Crippen LogP contribution in [0.4, 0.5) is 18.9 Å². The van der Waals surface area contributed by atoms with Gasteiger partial charge in [-0.3, -0.25) is 9.59 Å². The van der Waals surface area contributed by atoms with E-state index in [2.05, 4.69) is 15.8 Å². The summed E-state index contributed by atoms with van der Waals surface area (Å²) in [6.07, 6.45) is -4.52. The molecule has 2 N–H and O–H groups in total. The van der Waals surface area contributed by atoms with E-state index in [4.69, 9.17) is 4.74 Å². The lowest BCUT2D eigenvalue weighted by Crippen LogP contribution is -2.33. The van der Waals surface area contributed by atoms with Crippen molar-refractivity contribution in [3.8, 4) is 5.75 Å². The number of aryl methyl sites for hydroxylation is 1. The molecule has 0 aliphatic heterocycles. The summed E-state index contributed by atoms with van der Waals surface area (Å²) in [5.41, 5.74) is 3.18. The number of para-hydroxylation sites is 1. The van der Waals surface area contributed by atoms with Gasteiger partial charge in [0.25, 0.3) is 0 Å². The summed E-state index contributed by atoms with van der Waals surface area (Å²) in [6, 6.07) is 17.0. The molecule has 0 spiro atoms. The first kappa shape index (κ1) is 25.2. The zero-order chi connectivity index (χ0) is 25.6. The van der Waals surface area contributed by atoms with E-state index in [1.54, 1.807) is 48.5 Å². The highest BCUT2D eigenvalue weighted by molar-refractivity contribution is 6.39. The number of hydrazone groups is 1. The quantitative estimate of drug-likeness (QED) is 0.181. The molecular weight excluding hydrogens is 463 g/mol. The topological polar surface area (TPSA) is 96.9 Å². The molecule has 10 heteroatoms. The van der Waals surface area contributed by atoms with Crippen LogP contribution >= 0.6 is 0 Å². The lowest BCUT2D eigenvalue weighted by molar-refractivity contribution is -0.137. The molecule has 0 aromatic heterocycles. The van der Waals surface area contributed by atoms with Gasteiger partial charge in [0, 0.05) is 11.3 Å². The number of esters is 1. The van der Waals surface area contributed by atoms with Crippen molar-refractivity contribution in [1.29, 1.82) is 0 Å². The summed E-state index contributed by atoms with van der Waals surface area (Å²) in [5.74, 6) is -2.65. The number of halogens is 3. The first-order valence-electron chi connectivity index (χ1n) is 10.3. The van der Waals surface area contributed by atoms with Crippen LogP contribution < -0.4 is 15.5 Å². The van der Waals surface area contributed by atoms with Gasteiger partial charge in [-0.05, 0) is 62.4 Å². The van der Waals surface area contributed by atoms with Gasteiger partial charge in [0.15, 0.2) is 0 Å². The third-order valence-electron chi connectivity index (χ3n) is 4.77. The van der Waals surface area contributed by atoms with E-state index >= 15 is 0 Å². The lowest BCUT2D eigenvalue weighted by Gasteiger charge is -2.10.